The zero-order chi connectivity index (χ0) is 21.4. The normalized spacial score (nSPS) is 28.2. The second kappa shape index (κ2) is 11.2. The Bertz CT molecular complexity index is 525. The van der Waals surface area contributed by atoms with Crippen LogP contribution in [0, 0.1) is 10.8 Å². The molecule has 8 N–H and O–H groups in total. The molecule has 27 heavy (non-hydrogen) atoms. The molecule has 0 radical (unpaired) electrons. The minimum Gasteiger partial charge on any atom is -0.372 e. The van der Waals surface area contributed by atoms with Gasteiger partial charge in [-0.1, -0.05) is 0 Å². The fourth-order valence-electron chi connectivity index (χ4n) is 2.75. The Morgan fingerprint density at radius 2 is 1.00 bits per heavy atom. The molecule has 2 fully saturated rings. The molecular weight excluding hydrogens is 380 g/mol. The zero-order valence-electron chi connectivity index (χ0n) is 16.1. The third kappa shape index (κ3) is 13.2. The molecule has 0 aliphatic carbocycles. The molecule has 0 saturated carbocycles. The van der Waals surface area contributed by atoms with Gasteiger partial charge in [-0.3, -0.25) is 19.9 Å². The van der Waals surface area contributed by atoms with Crippen LogP contribution in [-0.4, -0.2) is 89.8 Å². The Balaban J connectivity index is 0.000000405. The number of hydrogen-bond donors (Lipinski definition) is 6. The standard InChI is InChI=1S/2C7H15N3O.H2O4S/c2*1-5-3-10(7(8)9)4-6(2)11-5;1-5(2,3)4/h2*5-6H,3-4H2,1-2H3,(H3,8,9);(H2,1,2,3,4). The minimum atomic E-state index is -4.67. The van der Waals surface area contributed by atoms with E-state index in [9.17, 15) is 0 Å². The van der Waals surface area contributed by atoms with Crippen LogP contribution < -0.4 is 11.5 Å². The van der Waals surface area contributed by atoms with E-state index in [1.807, 2.05) is 37.5 Å². The topological polar surface area (TPSA) is 199 Å². The maximum atomic E-state index is 8.74. The van der Waals surface area contributed by atoms with E-state index in [1.54, 1.807) is 0 Å². The Kier molecular flexibility index (Phi) is 10.5. The van der Waals surface area contributed by atoms with Crippen molar-refractivity contribution in [3.63, 3.8) is 0 Å². The van der Waals surface area contributed by atoms with Crippen molar-refractivity contribution in [2.24, 2.45) is 11.5 Å². The van der Waals surface area contributed by atoms with Gasteiger partial charge in [-0.2, -0.15) is 8.42 Å². The molecule has 0 aromatic heterocycles. The van der Waals surface area contributed by atoms with Gasteiger partial charge in [0.05, 0.1) is 24.4 Å². The van der Waals surface area contributed by atoms with E-state index >= 15 is 0 Å². The highest BCUT2D eigenvalue weighted by atomic mass is 32.3. The molecule has 2 heterocycles. The molecule has 0 spiro atoms. The monoisotopic (exact) mass is 412 g/mol. The third-order valence-corrected chi connectivity index (χ3v) is 3.52. The second-order valence-corrected chi connectivity index (χ2v) is 7.44. The number of hydrogen-bond acceptors (Lipinski definition) is 6. The lowest BCUT2D eigenvalue weighted by Gasteiger charge is -2.35. The zero-order valence-corrected chi connectivity index (χ0v) is 16.9. The summed E-state index contributed by atoms with van der Waals surface area (Å²) in [7, 11) is -4.67. The van der Waals surface area contributed by atoms with Gasteiger partial charge in [-0.25, -0.2) is 0 Å². The Hall–Kier alpha value is -1.67. The predicted octanol–water partition coefficient (Wildman–Crippen LogP) is -0.675. The summed E-state index contributed by atoms with van der Waals surface area (Å²) in [4.78, 5) is 3.66. The fraction of sp³-hybridized carbons (Fsp3) is 0.857. The first-order valence-corrected chi connectivity index (χ1v) is 9.77. The largest absolute Gasteiger partial charge is 0.394 e. The van der Waals surface area contributed by atoms with Gasteiger partial charge in [-0.05, 0) is 27.7 Å². The number of nitrogens with one attached hydrogen (secondary N) is 2. The molecule has 160 valence electrons. The quantitative estimate of drug-likeness (QED) is 0.168. The molecule has 4 atom stereocenters. The van der Waals surface area contributed by atoms with Gasteiger partial charge in [-0.15, -0.1) is 0 Å². The predicted molar refractivity (Wildman–Crippen MR) is 101 cm³/mol. The summed E-state index contributed by atoms with van der Waals surface area (Å²) in [6, 6.07) is 0. The molecule has 0 aromatic rings. The molecule has 0 bridgehead atoms. The lowest BCUT2D eigenvalue weighted by atomic mass is 10.2. The van der Waals surface area contributed by atoms with Crippen molar-refractivity contribution in [3.8, 4) is 0 Å². The maximum Gasteiger partial charge on any atom is 0.394 e. The van der Waals surface area contributed by atoms with Crippen LogP contribution in [-0.2, 0) is 19.9 Å². The highest BCUT2D eigenvalue weighted by Crippen LogP contribution is 2.09. The maximum absolute atomic E-state index is 8.74. The Morgan fingerprint density at radius 3 is 1.15 bits per heavy atom. The van der Waals surface area contributed by atoms with Crippen LogP contribution >= 0.6 is 0 Å². The van der Waals surface area contributed by atoms with Crippen molar-refractivity contribution in [1.82, 2.24) is 9.80 Å². The van der Waals surface area contributed by atoms with Crippen molar-refractivity contribution in [2.75, 3.05) is 26.2 Å². The van der Waals surface area contributed by atoms with Crippen LogP contribution in [0.3, 0.4) is 0 Å². The van der Waals surface area contributed by atoms with Crippen LogP contribution in [0.5, 0.6) is 0 Å². The van der Waals surface area contributed by atoms with E-state index in [-0.39, 0.29) is 36.3 Å². The molecule has 2 aliphatic heterocycles. The van der Waals surface area contributed by atoms with E-state index in [2.05, 4.69) is 0 Å². The van der Waals surface area contributed by atoms with Gasteiger partial charge in [0.2, 0.25) is 0 Å². The average Bonchev–Trinajstić information content (AvgIpc) is 2.44. The second-order valence-electron chi connectivity index (χ2n) is 6.54. The van der Waals surface area contributed by atoms with Gasteiger partial charge < -0.3 is 30.7 Å². The minimum absolute atomic E-state index is 0.145. The Labute approximate surface area is 160 Å². The highest BCUT2D eigenvalue weighted by molar-refractivity contribution is 7.79. The number of nitrogens with two attached hydrogens (primary N) is 2. The van der Waals surface area contributed by atoms with Crippen LogP contribution in [0.25, 0.3) is 0 Å². The SMILES string of the molecule is CC1CN(C(=N)N)CC(C)O1.CC1CN(C(=N)N)CC(C)O1.O=S(=O)(O)O. The molecule has 2 aliphatic rings. The van der Waals surface area contributed by atoms with Gasteiger partial charge in [0.25, 0.3) is 0 Å². The molecular formula is C14H32N6O6S. The summed E-state index contributed by atoms with van der Waals surface area (Å²) in [6.45, 7) is 10.9. The van der Waals surface area contributed by atoms with Crippen molar-refractivity contribution in [2.45, 2.75) is 52.1 Å². The summed E-state index contributed by atoms with van der Waals surface area (Å²) >= 11 is 0. The average molecular weight is 413 g/mol. The van der Waals surface area contributed by atoms with Gasteiger partial charge >= 0.3 is 10.4 Å². The van der Waals surface area contributed by atoms with E-state index < -0.39 is 10.4 Å². The van der Waals surface area contributed by atoms with Crippen molar-refractivity contribution in [1.29, 1.82) is 10.8 Å². The number of guanidine groups is 2. The van der Waals surface area contributed by atoms with Gasteiger partial charge in [0, 0.05) is 26.2 Å². The molecule has 13 heteroatoms. The highest BCUT2D eigenvalue weighted by Gasteiger charge is 2.23. The van der Waals surface area contributed by atoms with E-state index in [1.165, 1.54) is 0 Å². The summed E-state index contributed by atoms with van der Waals surface area (Å²) in [6.07, 6.45) is 0.732. The molecule has 2 saturated heterocycles. The smallest absolute Gasteiger partial charge is 0.372 e. The fourth-order valence-corrected chi connectivity index (χ4v) is 2.75. The lowest BCUT2D eigenvalue weighted by Crippen LogP contribution is -2.50. The number of nitrogens with zero attached hydrogens (tertiary/aromatic N) is 2. The van der Waals surface area contributed by atoms with E-state index in [0.717, 1.165) is 26.2 Å². The number of ether oxygens (including phenoxy) is 2. The summed E-state index contributed by atoms with van der Waals surface area (Å²) in [5.41, 5.74) is 10.7. The van der Waals surface area contributed by atoms with E-state index in [0.29, 0.717) is 0 Å². The van der Waals surface area contributed by atoms with Crippen LogP contribution in [0.1, 0.15) is 27.7 Å². The molecule has 12 nitrogen and oxygen atoms in total. The van der Waals surface area contributed by atoms with Gasteiger partial charge in [0.15, 0.2) is 11.9 Å². The first kappa shape index (κ1) is 25.3. The van der Waals surface area contributed by atoms with Crippen LogP contribution in [0.2, 0.25) is 0 Å². The number of morpholine rings is 2. The van der Waals surface area contributed by atoms with E-state index in [4.69, 9.17) is 49.3 Å². The summed E-state index contributed by atoms with van der Waals surface area (Å²) in [5.74, 6) is 0.291. The van der Waals surface area contributed by atoms with Crippen molar-refractivity contribution in [3.05, 3.63) is 0 Å². The van der Waals surface area contributed by atoms with Gasteiger partial charge in [0.1, 0.15) is 0 Å². The first-order chi connectivity index (χ1) is 12.2. The molecule has 4 unspecified atom stereocenters. The molecule has 0 amide bonds. The Morgan fingerprint density at radius 1 is 0.815 bits per heavy atom. The van der Waals surface area contributed by atoms with Crippen molar-refractivity contribution >= 4 is 22.3 Å². The summed E-state index contributed by atoms with van der Waals surface area (Å²) < 4.78 is 42.5. The third-order valence-electron chi connectivity index (χ3n) is 3.52. The van der Waals surface area contributed by atoms with Crippen LogP contribution in [0.4, 0.5) is 0 Å². The molecule has 2 rings (SSSR count). The summed E-state index contributed by atoms with van der Waals surface area (Å²) in [5, 5.41) is 14.4. The van der Waals surface area contributed by atoms with Crippen LogP contribution in [0.15, 0.2) is 0 Å². The molecule has 0 aromatic carbocycles. The lowest BCUT2D eigenvalue weighted by molar-refractivity contribution is -0.0487. The van der Waals surface area contributed by atoms with Crippen molar-refractivity contribution < 1.29 is 27.0 Å². The number of rotatable bonds is 0. The first-order valence-electron chi connectivity index (χ1n) is 8.37.